The molecule has 1 fully saturated rings. The third-order valence-corrected chi connectivity index (χ3v) is 6.29. The number of nitrogens with two attached hydrogens (primary N) is 1. The van der Waals surface area contributed by atoms with Crippen molar-refractivity contribution in [3.63, 3.8) is 0 Å². The second kappa shape index (κ2) is 6.15. The molecule has 1 aromatic carbocycles. The summed E-state index contributed by atoms with van der Waals surface area (Å²) in [6.45, 7) is 3.60. The zero-order chi connectivity index (χ0) is 17.4. The molecule has 0 aromatic heterocycles. The van der Waals surface area contributed by atoms with Crippen LogP contribution >= 0.6 is 0 Å². The molecule has 1 aliphatic heterocycles. The second-order valence-corrected chi connectivity index (χ2v) is 8.30. The molecule has 1 aromatic rings. The number of carbonyl (C=O) groups is 1. The van der Waals surface area contributed by atoms with E-state index in [1.807, 2.05) is 0 Å². The molecule has 2 N–H and O–H groups in total. The molecule has 1 atom stereocenters. The van der Waals surface area contributed by atoms with Crippen molar-refractivity contribution >= 4 is 27.1 Å². The SMILES string of the molecule is Cc1cc(C(=O)N2CCC(C)S(=O)(=O)CC2)c(N)c([N+](=O)[O-])c1. The lowest BCUT2D eigenvalue weighted by molar-refractivity contribution is -0.384. The first-order valence-electron chi connectivity index (χ1n) is 7.19. The largest absolute Gasteiger partial charge is 0.393 e. The smallest absolute Gasteiger partial charge is 0.293 e. The van der Waals surface area contributed by atoms with Crippen LogP contribution in [0.15, 0.2) is 12.1 Å². The molecule has 1 amide bonds. The van der Waals surface area contributed by atoms with Crippen LogP contribution in [0.4, 0.5) is 11.4 Å². The monoisotopic (exact) mass is 341 g/mol. The molecule has 1 aliphatic rings. The first-order valence-corrected chi connectivity index (χ1v) is 8.90. The molecule has 0 spiro atoms. The van der Waals surface area contributed by atoms with Crippen LogP contribution in [0.5, 0.6) is 0 Å². The average Bonchev–Trinajstić information content (AvgIpc) is 2.60. The van der Waals surface area contributed by atoms with E-state index in [0.717, 1.165) is 0 Å². The van der Waals surface area contributed by atoms with Crippen molar-refractivity contribution in [2.24, 2.45) is 0 Å². The Balaban J connectivity index is 2.36. The third kappa shape index (κ3) is 3.44. The molecule has 1 unspecified atom stereocenters. The van der Waals surface area contributed by atoms with Crippen LogP contribution < -0.4 is 5.73 Å². The van der Waals surface area contributed by atoms with Crippen LogP contribution in [0.25, 0.3) is 0 Å². The summed E-state index contributed by atoms with van der Waals surface area (Å²) < 4.78 is 23.8. The van der Waals surface area contributed by atoms with E-state index in [1.54, 1.807) is 13.8 Å². The van der Waals surface area contributed by atoms with Crippen LogP contribution in [-0.4, -0.2) is 48.2 Å². The van der Waals surface area contributed by atoms with Gasteiger partial charge in [0.2, 0.25) is 0 Å². The standard InChI is InChI=1S/C14H19N3O5S/c1-9-7-11(13(15)12(8-9)17(19)20)14(18)16-4-3-10(2)23(21,22)6-5-16/h7-8,10H,3-6,15H2,1-2H3. The maximum Gasteiger partial charge on any atom is 0.293 e. The van der Waals surface area contributed by atoms with Crippen LogP contribution in [0.2, 0.25) is 0 Å². The molecular weight excluding hydrogens is 322 g/mol. The van der Waals surface area contributed by atoms with Crippen LogP contribution in [0, 0.1) is 17.0 Å². The predicted molar refractivity (Wildman–Crippen MR) is 86.0 cm³/mol. The fourth-order valence-electron chi connectivity index (χ4n) is 2.55. The number of aryl methyl sites for hydroxylation is 1. The molecule has 8 nitrogen and oxygen atoms in total. The summed E-state index contributed by atoms with van der Waals surface area (Å²) in [4.78, 5) is 24.4. The number of benzene rings is 1. The lowest BCUT2D eigenvalue weighted by Gasteiger charge is -2.21. The lowest BCUT2D eigenvalue weighted by Crippen LogP contribution is -2.34. The first kappa shape index (κ1) is 17.2. The zero-order valence-electron chi connectivity index (χ0n) is 13.0. The van der Waals surface area contributed by atoms with Crippen molar-refractivity contribution in [1.82, 2.24) is 4.90 Å². The number of anilines is 1. The molecule has 0 saturated carbocycles. The molecule has 23 heavy (non-hydrogen) atoms. The minimum Gasteiger partial charge on any atom is -0.393 e. The average molecular weight is 341 g/mol. The third-order valence-electron chi connectivity index (χ3n) is 4.08. The Labute approximate surface area is 134 Å². The van der Waals surface area contributed by atoms with Gasteiger partial charge in [-0.25, -0.2) is 8.42 Å². The summed E-state index contributed by atoms with van der Waals surface area (Å²) in [5, 5.41) is 10.5. The highest BCUT2D eigenvalue weighted by Crippen LogP contribution is 2.28. The van der Waals surface area contributed by atoms with Crippen LogP contribution in [0.3, 0.4) is 0 Å². The van der Waals surface area contributed by atoms with Gasteiger partial charge in [0.05, 0.1) is 21.5 Å². The highest BCUT2D eigenvalue weighted by molar-refractivity contribution is 7.92. The predicted octanol–water partition coefficient (Wildman–Crippen LogP) is 1.13. The van der Waals surface area contributed by atoms with Crippen molar-refractivity contribution in [2.75, 3.05) is 24.6 Å². The van der Waals surface area contributed by atoms with Gasteiger partial charge in [-0.05, 0) is 31.9 Å². The second-order valence-electron chi connectivity index (χ2n) is 5.76. The van der Waals surface area contributed by atoms with Crippen molar-refractivity contribution in [3.8, 4) is 0 Å². The topological polar surface area (TPSA) is 124 Å². The van der Waals surface area contributed by atoms with Gasteiger partial charge >= 0.3 is 0 Å². The molecule has 1 heterocycles. The fraction of sp³-hybridized carbons (Fsp3) is 0.500. The molecule has 0 bridgehead atoms. The summed E-state index contributed by atoms with van der Waals surface area (Å²) in [6.07, 6.45) is 0.335. The Morgan fingerprint density at radius 2 is 2.04 bits per heavy atom. The minimum absolute atomic E-state index is 0.0450. The lowest BCUT2D eigenvalue weighted by atomic mass is 10.1. The number of hydrogen-bond donors (Lipinski definition) is 1. The van der Waals surface area contributed by atoms with E-state index in [9.17, 15) is 23.3 Å². The first-order chi connectivity index (χ1) is 10.6. The van der Waals surface area contributed by atoms with Gasteiger partial charge in [0.1, 0.15) is 5.69 Å². The highest BCUT2D eigenvalue weighted by Gasteiger charge is 2.30. The molecule has 1 saturated heterocycles. The van der Waals surface area contributed by atoms with Crippen molar-refractivity contribution in [1.29, 1.82) is 0 Å². The van der Waals surface area contributed by atoms with Gasteiger partial charge in [-0.15, -0.1) is 0 Å². The number of sulfone groups is 1. The number of hydrogen-bond acceptors (Lipinski definition) is 6. The number of amides is 1. The number of nitro benzene ring substituents is 1. The van der Waals surface area contributed by atoms with Gasteiger partial charge in [-0.2, -0.15) is 0 Å². The summed E-state index contributed by atoms with van der Waals surface area (Å²) >= 11 is 0. The highest BCUT2D eigenvalue weighted by atomic mass is 32.2. The maximum absolute atomic E-state index is 12.6. The van der Waals surface area contributed by atoms with Gasteiger partial charge in [0, 0.05) is 19.2 Å². The summed E-state index contributed by atoms with van der Waals surface area (Å²) in [6, 6.07) is 2.80. The van der Waals surface area contributed by atoms with E-state index in [0.29, 0.717) is 12.0 Å². The Morgan fingerprint density at radius 1 is 1.39 bits per heavy atom. The van der Waals surface area contributed by atoms with Gasteiger partial charge in [-0.1, -0.05) is 0 Å². The number of nitrogens with zero attached hydrogens (tertiary/aromatic N) is 2. The summed E-state index contributed by atoms with van der Waals surface area (Å²) in [7, 11) is -3.22. The Hall–Kier alpha value is -2.16. The van der Waals surface area contributed by atoms with E-state index in [1.165, 1.54) is 17.0 Å². The molecule has 9 heteroatoms. The van der Waals surface area contributed by atoms with E-state index >= 15 is 0 Å². The van der Waals surface area contributed by atoms with E-state index in [2.05, 4.69) is 0 Å². The maximum atomic E-state index is 12.6. The quantitative estimate of drug-likeness (QED) is 0.488. The van der Waals surface area contributed by atoms with Gasteiger partial charge < -0.3 is 10.6 Å². The molecule has 0 aliphatic carbocycles. The van der Waals surface area contributed by atoms with Gasteiger partial charge in [0.25, 0.3) is 11.6 Å². The summed E-state index contributed by atoms with van der Waals surface area (Å²) in [5.74, 6) is -0.591. The Kier molecular flexibility index (Phi) is 4.60. The fourth-order valence-corrected chi connectivity index (χ4v) is 3.89. The zero-order valence-corrected chi connectivity index (χ0v) is 13.8. The van der Waals surface area contributed by atoms with Crippen molar-refractivity contribution in [2.45, 2.75) is 25.5 Å². The van der Waals surface area contributed by atoms with Gasteiger partial charge in [0.15, 0.2) is 9.84 Å². The Bertz CT molecular complexity index is 760. The van der Waals surface area contributed by atoms with Crippen LogP contribution in [-0.2, 0) is 9.84 Å². The molecule has 126 valence electrons. The normalized spacial score (nSPS) is 20.8. The van der Waals surface area contributed by atoms with E-state index < -0.39 is 25.9 Å². The van der Waals surface area contributed by atoms with Crippen molar-refractivity contribution < 1.29 is 18.1 Å². The Morgan fingerprint density at radius 3 is 2.65 bits per heavy atom. The summed E-state index contributed by atoms with van der Waals surface area (Å²) in [5.41, 5.74) is 5.86. The van der Waals surface area contributed by atoms with E-state index in [-0.39, 0.29) is 35.8 Å². The van der Waals surface area contributed by atoms with Gasteiger partial charge in [-0.3, -0.25) is 14.9 Å². The minimum atomic E-state index is -3.22. The number of nitro groups is 1. The van der Waals surface area contributed by atoms with Crippen molar-refractivity contribution in [3.05, 3.63) is 33.4 Å². The molecule has 2 rings (SSSR count). The van der Waals surface area contributed by atoms with Crippen LogP contribution in [0.1, 0.15) is 29.3 Å². The molecule has 0 radical (unpaired) electrons. The number of rotatable bonds is 2. The molecular formula is C14H19N3O5S. The van der Waals surface area contributed by atoms with E-state index in [4.69, 9.17) is 5.73 Å². The number of carbonyl (C=O) groups excluding carboxylic acids is 1. The number of nitrogen functional groups attached to an aromatic ring is 1.